The summed E-state index contributed by atoms with van der Waals surface area (Å²) in [4.78, 5) is 2.33. The molecule has 0 aliphatic carbocycles. The molecule has 0 unspecified atom stereocenters. The number of halogens is 2. The lowest BCUT2D eigenvalue weighted by Crippen LogP contribution is -2.41. The van der Waals surface area contributed by atoms with Gasteiger partial charge in [-0.15, -0.1) is 22.2 Å². The monoisotopic (exact) mass is 213 g/mol. The first-order valence-corrected chi connectivity index (χ1v) is 8.29. The van der Waals surface area contributed by atoms with Crippen LogP contribution in [-0.4, -0.2) is 30.6 Å². The zero-order valence-corrected chi connectivity index (χ0v) is 10.3. The predicted octanol–water partition coefficient (Wildman–Crippen LogP) is 2.34. The van der Waals surface area contributed by atoms with Crippen molar-refractivity contribution in [3.8, 4) is 0 Å². The highest BCUT2D eigenvalue weighted by molar-refractivity contribution is 7.33. The van der Waals surface area contributed by atoms with Gasteiger partial charge in [0.1, 0.15) is 0 Å². The van der Waals surface area contributed by atoms with E-state index in [0.717, 1.165) is 6.17 Å². The van der Waals surface area contributed by atoms with E-state index in [1.165, 1.54) is 0 Å². The Bertz CT molecular complexity index is 98.6. The van der Waals surface area contributed by atoms with E-state index in [-0.39, 0.29) is 0 Å². The summed E-state index contributed by atoms with van der Waals surface area (Å²) in [6.45, 7) is 8.68. The van der Waals surface area contributed by atoms with Gasteiger partial charge in [-0.3, -0.25) is 4.90 Å². The van der Waals surface area contributed by atoms with Gasteiger partial charge < -0.3 is 0 Å². The summed E-state index contributed by atoms with van der Waals surface area (Å²) < 4.78 is 0. The summed E-state index contributed by atoms with van der Waals surface area (Å²) in [6, 6.07) is 1.09. The molecule has 0 aromatic heterocycles. The lowest BCUT2D eigenvalue weighted by molar-refractivity contribution is 0.207. The highest BCUT2D eigenvalue weighted by Crippen LogP contribution is 2.08. The van der Waals surface area contributed by atoms with Crippen LogP contribution in [0.1, 0.15) is 27.7 Å². The molecule has 0 aliphatic rings. The number of rotatable bonds is 4. The summed E-state index contributed by atoms with van der Waals surface area (Å²) in [5.41, 5.74) is 0. The largest absolute Gasteiger partial charge is 0.299 e. The minimum absolute atomic E-state index is 0.544. The highest BCUT2D eigenvalue weighted by atomic mass is 35.7. The van der Waals surface area contributed by atoms with Crippen molar-refractivity contribution in [1.82, 2.24) is 4.90 Å². The third-order valence-electron chi connectivity index (χ3n) is 1.68. The van der Waals surface area contributed by atoms with Gasteiger partial charge in [0.2, 0.25) is 0 Å². The van der Waals surface area contributed by atoms with Gasteiger partial charge in [0, 0.05) is 18.3 Å². The van der Waals surface area contributed by atoms with E-state index < -0.39 is 7.42 Å². The van der Waals surface area contributed by atoms with Crippen LogP contribution in [0.5, 0.6) is 0 Å². The van der Waals surface area contributed by atoms with Gasteiger partial charge in [0.15, 0.2) is 0 Å². The summed E-state index contributed by atoms with van der Waals surface area (Å²) in [5, 5.41) is 0. The van der Waals surface area contributed by atoms with Crippen LogP contribution in [-0.2, 0) is 0 Å². The molecule has 68 valence electrons. The first-order valence-electron chi connectivity index (χ1n) is 3.99. The number of hydrogen-bond donors (Lipinski definition) is 0. The van der Waals surface area contributed by atoms with E-state index in [1.807, 2.05) is 0 Å². The fourth-order valence-corrected chi connectivity index (χ4v) is 3.30. The number of hydrogen-bond acceptors (Lipinski definition) is 1. The second kappa shape index (κ2) is 5.41. The molecular weight excluding hydrogens is 197 g/mol. The van der Waals surface area contributed by atoms with Crippen LogP contribution in [0, 0.1) is 0 Å². The maximum Gasteiger partial charge on any atom is 0.250 e. The quantitative estimate of drug-likeness (QED) is 0.513. The van der Waals surface area contributed by atoms with Gasteiger partial charge in [-0.1, -0.05) is 0 Å². The summed E-state index contributed by atoms with van der Waals surface area (Å²) in [5.74, 6) is 0. The van der Waals surface area contributed by atoms with Crippen molar-refractivity contribution in [3.63, 3.8) is 0 Å². The highest BCUT2D eigenvalue weighted by Gasteiger charge is 2.16. The van der Waals surface area contributed by atoms with E-state index in [4.69, 9.17) is 22.2 Å². The topological polar surface area (TPSA) is 3.24 Å². The fraction of sp³-hybridized carbons (Fsp3) is 1.00. The van der Waals surface area contributed by atoms with Crippen molar-refractivity contribution < 1.29 is 0 Å². The predicted molar refractivity (Wildman–Crippen MR) is 55.8 cm³/mol. The van der Waals surface area contributed by atoms with Crippen molar-refractivity contribution in [2.45, 2.75) is 39.8 Å². The Morgan fingerprint density at radius 3 is 1.55 bits per heavy atom. The summed E-state index contributed by atoms with van der Waals surface area (Å²) >= 11 is 11.6. The zero-order chi connectivity index (χ0) is 9.02. The smallest absolute Gasteiger partial charge is 0.250 e. The fourth-order valence-electron chi connectivity index (χ4n) is 1.18. The lowest BCUT2D eigenvalue weighted by Gasteiger charge is -2.30. The molecule has 0 rings (SSSR count). The lowest BCUT2D eigenvalue weighted by atomic mass is 10.2. The van der Waals surface area contributed by atoms with E-state index in [9.17, 15) is 0 Å². The molecule has 1 nitrogen and oxygen atoms in total. The van der Waals surface area contributed by atoms with E-state index >= 15 is 0 Å². The molecule has 0 fully saturated rings. The van der Waals surface area contributed by atoms with Gasteiger partial charge in [-0.2, -0.15) is 0 Å². The van der Waals surface area contributed by atoms with Gasteiger partial charge in [0.05, 0.1) is 0 Å². The Morgan fingerprint density at radius 1 is 1.09 bits per heavy atom. The van der Waals surface area contributed by atoms with Gasteiger partial charge >= 0.3 is 0 Å². The normalized spacial score (nSPS) is 12.5. The Kier molecular flexibility index (Phi) is 5.78. The van der Waals surface area contributed by atoms with Crippen LogP contribution in [0.4, 0.5) is 0 Å². The standard InChI is InChI=1S/C7H17Cl2NSi/c1-6(2)10(7(3)4)5-11(8)9/h6-7,11H,5H2,1-4H3. The molecule has 0 radical (unpaired) electrons. The molecule has 0 amide bonds. The van der Waals surface area contributed by atoms with Crippen molar-refractivity contribution in [1.29, 1.82) is 0 Å². The third kappa shape index (κ3) is 5.07. The molecular formula is C7H17Cl2NSi. The molecule has 0 aliphatic heterocycles. The van der Waals surface area contributed by atoms with Crippen LogP contribution in [0.2, 0.25) is 0 Å². The molecule has 0 bridgehead atoms. The average molecular weight is 214 g/mol. The molecule has 0 aromatic carbocycles. The Hall–Kier alpha value is 0.757. The van der Waals surface area contributed by atoms with Crippen LogP contribution in [0.15, 0.2) is 0 Å². The molecule has 0 aromatic rings. The minimum atomic E-state index is -1.47. The Morgan fingerprint density at radius 2 is 1.45 bits per heavy atom. The van der Waals surface area contributed by atoms with Crippen LogP contribution in [0.25, 0.3) is 0 Å². The molecule has 0 saturated carbocycles. The summed E-state index contributed by atoms with van der Waals surface area (Å²) in [6.07, 6.45) is 0.887. The van der Waals surface area contributed by atoms with E-state index in [0.29, 0.717) is 12.1 Å². The summed E-state index contributed by atoms with van der Waals surface area (Å²) in [7, 11) is -1.47. The SMILES string of the molecule is CC(C)N(C[SiH](Cl)Cl)C(C)C. The maximum absolute atomic E-state index is 5.82. The van der Waals surface area contributed by atoms with Crippen LogP contribution in [0.3, 0.4) is 0 Å². The zero-order valence-electron chi connectivity index (χ0n) is 7.64. The molecule has 0 atom stereocenters. The molecule has 0 N–H and O–H groups in total. The third-order valence-corrected chi connectivity index (χ3v) is 3.20. The average Bonchev–Trinajstić information content (AvgIpc) is 1.81. The van der Waals surface area contributed by atoms with Crippen molar-refractivity contribution in [2.24, 2.45) is 0 Å². The molecule has 0 spiro atoms. The number of nitrogens with zero attached hydrogens (tertiary/aromatic N) is 1. The first-order chi connectivity index (χ1) is 4.95. The van der Waals surface area contributed by atoms with Gasteiger partial charge in [-0.25, -0.2) is 0 Å². The van der Waals surface area contributed by atoms with Crippen LogP contribution >= 0.6 is 22.2 Å². The molecule has 0 heterocycles. The van der Waals surface area contributed by atoms with Crippen molar-refractivity contribution >= 4 is 29.6 Å². The second-order valence-corrected chi connectivity index (χ2v) is 8.25. The van der Waals surface area contributed by atoms with Crippen LogP contribution < -0.4 is 0 Å². The molecule has 4 heteroatoms. The van der Waals surface area contributed by atoms with Gasteiger partial charge in [0.25, 0.3) is 7.42 Å². The van der Waals surface area contributed by atoms with Crippen molar-refractivity contribution in [2.75, 3.05) is 6.17 Å². The minimum Gasteiger partial charge on any atom is -0.299 e. The second-order valence-electron chi connectivity index (χ2n) is 3.28. The van der Waals surface area contributed by atoms with Crippen molar-refractivity contribution in [3.05, 3.63) is 0 Å². The Balaban J connectivity index is 3.90. The van der Waals surface area contributed by atoms with E-state index in [2.05, 4.69) is 32.6 Å². The molecule has 11 heavy (non-hydrogen) atoms. The first kappa shape index (κ1) is 11.8. The maximum atomic E-state index is 5.82. The van der Waals surface area contributed by atoms with E-state index in [1.54, 1.807) is 0 Å². The Labute approximate surface area is 80.7 Å². The van der Waals surface area contributed by atoms with Gasteiger partial charge in [-0.05, 0) is 27.7 Å². The molecule has 0 saturated heterocycles.